The van der Waals surface area contributed by atoms with Crippen LogP contribution in [0.3, 0.4) is 0 Å². The van der Waals surface area contributed by atoms with E-state index in [2.05, 4.69) is 10.4 Å². The molecule has 1 N–H and O–H groups in total. The number of rotatable bonds is 0. The molecule has 9 heavy (non-hydrogen) atoms. The van der Waals surface area contributed by atoms with Crippen molar-refractivity contribution < 1.29 is 0 Å². The summed E-state index contributed by atoms with van der Waals surface area (Å²) in [4.78, 5) is 0. The summed E-state index contributed by atoms with van der Waals surface area (Å²) in [6, 6.07) is 0. The number of piperidine rings is 1. The molecule has 0 aliphatic carbocycles. The first-order valence-electron chi connectivity index (χ1n) is 3.43. The van der Waals surface area contributed by atoms with E-state index >= 15 is 0 Å². The minimum Gasteiger partial charge on any atom is -0.255 e. The van der Waals surface area contributed by atoms with E-state index < -0.39 is 0 Å². The second kappa shape index (κ2) is 2.71. The van der Waals surface area contributed by atoms with E-state index in [1.54, 1.807) is 0 Å². The van der Waals surface area contributed by atoms with Gasteiger partial charge >= 0.3 is 0 Å². The Morgan fingerprint density at radius 2 is 1.89 bits per heavy atom. The normalized spacial score (nSPS) is 40.0. The molecule has 0 unspecified atom stereocenters. The molecule has 3 heterocycles. The van der Waals surface area contributed by atoms with Gasteiger partial charge in [0.25, 0.3) is 0 Å². The Kier molecular flexibility index (Phi) is 2.14. The molecule has 3 aliphatic heterocycles. The SMILES string of the molecule is C1CN2CCC1CN2.[B]. The second-order valence-electron chi connectivity index (χ2n) is 2.79. The largest absolute Gasteiger partial charge is 0.255 e. The zero-order valence-corrected chi connectivity index (χ0v) is 5.64. The van der Waals surface area contributed by atoms with Gasteiger partial charge in [-0.1, -0.05) is 0 Å². The van der Waals surface area contributed by atoms with E-state index in [0.717, 1.165) is 5.92 Å². The third-order valence-electron chi connectivity index (χ3n) is 2.22. The maximum absolute atomic E-state index is 3.35. The highest BCUT2D eigenvalue weighted by molar-refractivity contribution is 5.75. The van der Waals surface area contributed by atoms with Crippen molar-refractivity contribution in [3.63, 3.8) is 0 Å². The maximum Gasteiger partial charge on any atom is 0.0134 e. The van der Waals surface area contributed by atoms with Crippen molar-refractivity contribution in [2.24, 2.45) is 5.92 Å². The van der Waals surface area contributed by atoms with Crippen LogP contribution in [0.2, 0.25) is 0 Å². The quantitative estimate of drug-likeness (QED) is 0.450. The van der Waals surface area contributed by atoms with Crippen LogP contribution in [0.25, 0.3) is 0 Å². The lowest BCUT2D eigenvalue weighted by molar-refractivity contribution is 0.0572. The molecule has 2 bridgehead atoms. The first kappa shape index (κ1) is 7.10. The average Bonchev–Trinajstić information content (AvgIpc) is 1.92. The zero-order valence-electron chi connectivity index (χ0n) is 5.64. The smallest absolute Gasteiger partial charge is 0.0134 e. The van der Waals surface area contributed by atoms with Crippen molar-refractivity contribution >= 4 is 8.41 Å². The lowest BCUT2D eigenvalue weighted by Crippen LogP contribution is -2.52. The summed E-state index contributed by atoms with van der Waals surface area (Å²) in [5.74, 6) is 1.000. The third-order valence-corrected chi connectivity index (χ3v) is 2.22. The maximum atomic E-state index is 3.35. The van der Waals surface area contributed by atoms with Gasteiger partial charge in [-0.2, -0.15) is 0 Å². The Morgan fingerprint density at radius 1 is 1.22 bits per heavy atom. The van der Waals surface area contributed by atoms with Crippen molar-refractivity contribution in [1.82, 2.24) is 10.4 Å². The van der Waals surface area contributed by atoms with E-state index in [1.807, 2.05) is 0 Å². The van der Waals surface area contributed by atoms with Gasteiger partial charge in [0.1, 0.15) is 0 Å². The molecule has 0 aromatic heterocycles. The summed E-state index contributed by atoms with van der Waals surface area (Å²) >= 11 is 0. The number of hydrazine groups is 1. The Labute approximate surface area is 58.2 Å². The minimum atomic E-state index is 0. The van der Waals surface area contributed by atoms with E-state index in [4.69, 9.17) is 0 Å². The fourth-order valence-corrected chi connectivity index (χ4v) is 1.55. The number of nitrogens with zero attached hydrogens (tertiary/aromatic N) is 1. The van der Waals surface area contributed by atoms with Crippen molar-refractivity contribution in [1.29, 1.82) is 0 Å². The van der Waals surface area contributed by atoms with Crippen LogP contribution in [0.4, 0.5) is 0 Å². The van der Waals surface area contributed by atoms with Gasteiger partial charge in [-0.3, -0.25) is 5.43 Å². The van der Waals surface area contributed by atoms with Gasteiger partial charge in [0, 0.05) is 28.0 Å². The Bertz CT molecular complexity index is 66.0. The van der Waals surface area contributed by atoms with E-state index in [9.17, 15) is 0 Å². The summed E-state index contributed by atoms with van der Waals surface area (Å²) < 4.78 is 0. The highest BCUT2D eigenvalue weighted by Gasteiger charge is 2.24. The fourth-order valence-electron chi connectivity index (χ4n) is 1.55. The van der Waals surface area contributed by atoms with Crippen LogP contribution < -0.4 is 5.43 Å². The molecular weight excluding hydrogens is 111 g/mol. The average molecular weight is 123 g/mol. The Hall–Kier alpha value is -0.0151. The van der Waals surface area contributed by atoms with Gasteiger partial charge in [-0.25, -0.2) is 5.01 Å². The van der Waals surface area contributed by atoms with Gasteiger partial charge in [0.05, 0.1) is 0 Å². The number of nitrogens with one attached hydrogen (secondary N) is 1. The molecule has 3 aliphatic rings. The molecule has 0 aromatic rings. The Balaban J connectivity index is 0.000000405. The molecule has 2 nitrogen and oxygen atoms in total. The van der Waals surface area contributed by atoms with Crippen molar-refractivity contribution in [2.75, 3.05) is 19.6 Å². The van der Waals surface area contributed by atoms with Crippen molar-refractivity contribution in [3.05, 3.63) is 0 Å². The van der Waals surface area contributed by atoms with Gasteiger partial charge in [0.15, 0.2) is 0 Å². The van der Waals surface area contributed by atoms with Crippen LogP contribution in [0.15, 0.2) is 0 Å². The first-order valence-corrected chi connectivity index (χ1v) is 3.43. The predicted molar refractivity (Wildman–Crippen MR) is 38.1 cm³/mol. The summed E-state index contributed by atoms with van der Waals surface area (Å²) in [5, 5.41) is 2.33. The number of hydrogen-bond donors (Lipinski definition) is 1. The first-order chi connectivity index (χ1) is 3.95. The second-order valence-corrected chi connectivity index (χ2v) is 2.79. The van der Waals surface area contributed by atoms with Crippen LogP contribution in [0, 0.1) is 5.92 Å². The number of hydrogen-bond acceptors (Lipinski definition) is 2. The molecule has 3 saturated heterocycles. The van der Waals surface area contributed by atoms with Gasteiger partial charge in [-0.05, 0) is 18.8 Å². The molecule has 0 amide bonds. The summed E-state index contributed by atoms with van der Waals surface area (Å²) in [6.07, 6.45) is 2.85. The minimum absolute atomic E-state index is 0. The highest BCUT2D eigenvalue weighted by Crippen LogP contribution is 2.19. The van der Waals surface area contributed by atoms with Crippen LogP contribution in [0.5, 0.6) is 0 Å². The highest BCUT2D eigenvalue weighted by atomic mass is 15.5. The molecule has 49 valence electrons. The van der Waals surface area contributed by atoms with Crippen LogP contribution >= 0.6 is 0 Å². The molecule has 0 aromatic carbocycles. The van der Waals surface area contributed by atoms with Crippen LogP contribution in [0.1, 0.15) is 12.8 Å². The standard InChI is InChI=1S/C6H12N2.B/c1-3-8-4-2-6(1)5-7-8;/h6-7H,1-5H2;. The lowest BCUT2D eigenvalue weighted by atomic mass is 9.96. The predicted octanol–water partition coefficient (Wildman–Crippen LogP) is -0.164. The third kappa shape index (κ3) is 1.27. The molecule has 3 radical (unpaired) electrons. The van der Waals surface area contributed by atoms with E-state index in [-0.39, 0.29) is 8.41 Å². The molecule has 3 heteroatoms. The molecular formula is C6H12BN2. The topological polar surface area (TPSA) is 15.3 Å². The monoisotopic (exact) mass is 123 g/mol. The zero-order chi connectivity index (χ0) is 5.40. The summed E-state index contributed by atoms with van der Waals surface area (Å²) in [6.45, 7) is 3.80. The van der Waals surface area contributed by atoms with Crippen LogP contribution in [-0.2, 0) is 0 Å². The summed E-state index contributed by atoms with van der Waals surface area (Å²) in [5.41, 5.74) is 3.35. The fraction of sp³-hybridized carbons (Fsp3) is 1.00. The van der Waals surface area contributed by atoms with Gasteiger partial charge in [0.2, 0.25) is 0 Å². The molecule has 0 spiro atoms. The number of fused-ring (bicyclic) bond motifs is 3. The van der Waals surface area contributed by atoms with Crippen LogP contribution in [-0.4, -0.2) is 33.1 Å². The van der Waals surface area contributed by atoms with Gasteiger partial charge in [-0.15, -0.1) is 0 Å². The van der Waals surface area contributed by atoms with E-state index in [0.29, 0.717) is 0 Å². The molecule has 3 rings (SSSR count). The molecule has 0 saturated carbocycles. The van der Waals surface area contributed by atoms with E-state index in [1.165, 1.54) is 32.5 Å². The van der Waals surface area contributed by atoms with Crippen molar-refractivity contribution in [2.45, 2.75) is 12.8 Å². The van der Waals surface area contributed by atoms with Gasteiger partial charge < -0.3 is 0 Å². The lowest BCUT2D eigenvalue weighted by Gasteiger charge is -2.39. The summed E-state index contributed by atoms with van der Waals surface area (Å²) in [7, 11) is 0. The molecule has 0 atom stereocenters. The Morgan fingerprint density at radius 3 is 2.00 bits per heavy atom. The molecule has 3 fully saturated rings. The van der Waals surface area contributed by atoms with Crippen molar-refractivity contribution in [3.8, 4) is 0 Å².